The fourth-order valence-corrected chi connectivity index (χ4v) is 1.08. The van der Waals surface area contributed by atoms with Gasteiger partial charge < -0.3 is 4.42 Å². The zero-order valence-corrected chi connectivity index (χ0v) is 6.97. The summed E-state index contributed by atoms with van der Waals surface area (Å²) >= 11 is 0. The van der Waals surface area contributed by atoms with Crippen LogP contribution in [0.3, 0.4) is 0 Å². The zero-order valence-electron chi connectivity index (χ0n) is 6.15. The van der Waals surface area contributed by atoms with Crippen molar-refractivity contribution in [3.8, 4) is 6.07 Å². The fraction of sp³-hybridized carbons (Fsp3) is 0. The van der Waals surface area contributed by atoms with E-state index in [0.29, 0.717) is 5.76 Å². The van der Waals surface area contributed by atoms with Gasteiger partial charge in [-0.1, -0.05) is 18.2 Å². The van der Waals surface area contributed by atoms with E-state index in [2.05, 4.69) is 0 Å². The van der Waals surface area contributed by atoms with Crippen LogP contribution in [0.2, 0.25) is 0 Å². The summed E-state index contributed by atoms with van der Waals surface area (Å²) in [5.41, 5.74) is 0. The second-order valence-electron chi connectivity index (χ2n) is 2.26. The van der Waals surface area contributed by atoms with E-state index in [0.717, 1.165) is 10.8 Å². The van der Waals surface area contributed by atoms with E-state index in [4.69, 9.17) is 9.68 Å². The summed E-state index contributed by atoms with van der Waals surface area (Å²) in [6.45, 7) is 0. The molecule has 0 N–H and O–H groups in total. The highest BCUT2D eigenvalue weighted by atomic mass is 35.5. The minimum absolute atomic E-state index is 0. The first-order valence-corrected chi connectivity index (χ1v) is 3.28. The molecule has 1 aromatic heterocycles. The first-order valence-electron chi connectivity index (χ1n) is 3.28. The largest absolute Gasteiger partial charge is 0.453 e. The minimum Gasteiger partial charge on any atom is -0.453 e. The highest BCUT2D eigenvalue weighted by Gasteiger charge is 2.01. The standard InChI is InChI=1S/C9H5NO.ClH/c10-5-9-8-4-2-1-3-7(8)6-11-9;/h1-4,6H;1H. The minimum atomic E-state index is 0. The molecule has 0 spiro atoms. The lowest BCUT2D eigenvalue weighted by Gasteiger charge is -1.83. The molecular weight excluding hydrogens is 174 g/mol. The molecule has 3 heteroatoms. The number of nitriles is 1. The predicted molar refractivity (Wildman–Crippen MR) is 48.2 cm³/mol. The lowest BCUT2D eigenvalue weighted by molar-refractivity contribution is 0.558. The first-order chi connectivity index (χ1) is 5.42. The highest BCUT2D eigenvalue weighted by molar-refractivity contribution is 5.86. The van der Waals surface area contributed by atoms with Gasteiger partial charge in [0.25, 0.3) is 0 Å². The van der Waals surface area contributed by atoms with Gasteiger partial charge in [0.05, 0.1) is 0 Å². The van der Waals surface area contributed by atoms with E-state index >= 15 is 0 Å². The van der Waals surface area contributed by atoms with Crippen LogP contribution in [0.1, 0.15) is 5.76 Å². The molecule has 12 heavy (non-hydrogen) atoms. The molecule has 2 rings (SSSR count). The molecule has 0 saturated heterocycles. The van der Waals surface area contributed by atoms with Gasteiger partial charge in [0.15, 0.2) is 0 Å². The van der Waals surface area contributed by atoms with Crippen LogP contribution in [0.4, 0.5) is 0 Å². The molecule has 0 unspecified atom stereocenters. The van der Waals surface area contributed by atoms with Crippen molar-refractivity contribution < 1.29 is 4.42 Å². The Bertz CT molecular complexity index is 427. The molecule has 0 aliphatic rings. The molecule has 0 radical (unpaired) electrons. The molecule has 0 saturated carbocycles. The van der Waals surface area contributed by atoms with Gasteiger partial charge in [0, 0.05) is 10.8 Å². The molecular formula is C9H6ClNO. The van der Waals surface area contributed by atoms with Gasteiger partial charge in [-0.2, -0.15) is 5.26 Å². The van der Waals surface area contributed by atoms with Gasteiger partial charge in [0.2, 0.25) is 5.76 Å². The lowest BCUT2D eigenvalue weighted by atomic mass is 10.2. The third-order valence-electron chi connectivity index (χ3n) is 1.61. The quantitative estimate of drug-likeness (QED) is 0.624. The Labute approximate surface area is 75.8 Å². The highest BCUT2D eigenvalue weighted by Crippen LogP contribution is 2.18. The molecule has 0 atom stereocenters. The molecule has 1 aromatic carbocycles. The van der Waals surface area contributed by atoms with Gasteiger partial charge in [0.1, 0.15) is 12.3 Å². The summed E-state index contributed by atoms with van der Waals surface area (Å²) in [4.78, 5) is 0. The van der Waals surface area contributed by atoms with Gasteiger partial charge in [-0.25, -0.2) is 0 Å². The molecule has 60 valence electrons. The summed E-state index contributed by atoms with van der Waals surface area (Å²) < 4.78 is 5.00. The summed E-state index contributed by atoms with van der Waals surface area (Å²) in [7, 11) is 0. The Morgan fingerprint density at radius 1 is 1.25 bits per heavy atom. The Hall–Kier alpha value is -1.46. The average molecular weight is 180 g/mol. The topological polar surface area (TPSA) is 36.9 Å². The number of nitrogens with zero attached hydrogens (tertiary/aromatic N) is 1. The Morgan fingerprint density at radius 3 is 2.75 bits per heavy atom. The van der Waals surface area contributed by atoms with Crippen molar-refractivity contribution in [3.63, 3.8) is 0 Å². The SMILES string of the molecule is Cl.N#Cc1occ2ccccc12. The van der Waals surface area contributed by atoms with Crippen molar-refractivity contribution in [2.75, 3.05) is 0 Å². The molecule has 1 heterocycles. The van der Waals surface area contributed by atoms with E-state index in [1.165, 1.54) is 0 Å². The van der Waals surface area contributed by atoms with Crippen LogP contribution in [0.15, 0.2) is 34.9 Å². The van der Waals surface area contributed by atoms with Crippen LogP contribution in [-0.2, 0) is 0 Å². The first kappa shape index (κ1) is 8.63. The molecule has 0 aliphatic heterocycles. The summed E-state index contributed by atoms with van der Waals surface area (Å²) in [6, 6.07) is 9.58. The van der Waals surface area contributed by atoms with Crippen LogP contribution in [-0.4, -0.2) is 0 Å². The zero-order chi connectivity index (χ0) is 7.68. The third kappa shape index (κ3) is 1.15. The van der Waals surface area contributed by atoms with E-state index in [-0.39, 0.29) is 12.4 Å². The van der Waals surface area contributed by atoms with Crippen LogP contribution in [0.25, 0.3) is 10.8 Å². The monoisotopic (exact) mass is 179 g/mol. The molecule has 0 aliphatic carbocycles. The number of fused-ring (bicyclic) bond motifs is 1. The van der Waals surface area contributed by atoms with Gasteiger partial charge in [-0.3, -0.25) is 0 Å². The summed E-state index contributed by atoms with van der Waals surface area (Å²) in [5, 5.41) is 10.4. The van der Waals surface area contributed by atoms with Crippen molar-refractivity contribution >= 4 is 23.2 Å². The number of hydrogen-bond acceptors (Lipinski definition) is 2. The Morgan fingerprint density at radius 2 is 2.00 bits per heavy atom. The van der Waals surface area contributed by atoms with Gasteiger partial charge >= 0.3 is 0 Å². The molecule has 2 aromatic rings. The fourth-order valence-electron chi connectivity index (χ4n) is 1.08. The van der Waals surface area contributed by atoms with Crippen LogP contribution < -0.4 is 0 Å². The second kappa shape index (κ2) is 3.29. The number of benzene rings is 1. The maximum absolute atomic E-state index is 8.58. The molecule has 0 bridgehead atoms. The number of furan rings is 1. The molecule has 0 amide bonds. The Kier molecular flexibility index (Phi) is 2.37. The molecule has 0 fully saturated rings. The number of halogens is 1. The Balaban J connectivity index is 0.000000720. The average Bonchev–Trinajstić information content (AvgIpc) is 2.47. The second-order valence-corrected chi connectivity index (χ2v) is 2.26. The van der Waals surface area contributed by atoms with Gasteiger partial charge in [-0.15, -0.1) is 12.4 Å². The maximum Gasteiger partial charge on any atom is 0.211 e. The van der Waals surface area contributed by atoms with E-state index in [9.17, 15) is 0 Å². The van der Waals surface area contributed by atoms with Crippen LogP contribution in [0.5, 0.6) is 0 Å². The van der Waals surface area contributed by atoms with Crippen LogP contribution >= 0.6 is 12.4 Å². The van der Waals surface area contributed by atoms with Gasteiger partial charge in [-0.05, 0) is 6.07 Å². The lowest BCUT2D eigenvalue weighted by Crippen LogP contribution is -1.66. The number of rotatable bonds is 0. The van der Waals surface area contributed by atoms with Crippen molar-refractivity contribution in [1.29, 1.82) is 5.26 Å². The summed E-state index contributed by atoms with van der Waals surface area (Å²) in [6.07, 6.45) is 1.59. The van der Waals surface area contributed by atoms with E-state index in [1.807, 2.05) is 30.3 Å². The van der Waals surface area contributed by atoms with E-state index in [1.54, 1.807) is 6.26 Å². The third-order valence-corrected chi connectivity index (χ3v) is 1.61. The van der Waals surface area contributed by atoms with Crippen molar-refractivity contribution in [2.24, 2.45) is 0 Å². The van der Waals surface area contributed by atoms with Crippen molar-refractivity contribution in [2.45, 2.75) is 0 Å². The smallest absolute Gasteiger partial charge is 0.211 e. The predicted octanol–water partition coefficient (Wildman–Crippen LogP) is 2.73. The van der Waals surface area contributed by atoms with Crippen LogP contribution in [0, 0.1) is 11.3 Å². The molecule has 2 nitrogen and oxygen atoms in total. The van der Waals surface area contributed by atoms with E-state index < -0.39 is 0 Å². The normalized spacial score (nSPS) is 8.92. The van der Waals surface area contributed by atoms with Crippen molar-refractivity contribution in [1.82, 2.24) is 0 Å². The maximum atomic E-state index is 8.58. The number of hydrogen-bond donors (Lipinski definition) is 0. The van der Waals surface area contributed by atoms with Crippen molar-refractivity contribution in [3.05, 3.63) is 36.3 Å². The summed E-state index contributed by atoms with van der Waals surface area (Å²) in [5.74, 6) is 0.389.